The molecule has 1 heterocycles. The molecule has 2 rings (SSSR count). The first kappa shape index (κ1) is 12.8. The van der Waals surface area contributed by atoms with Gasteiger partial charge in [0.25, 0.3) is 0 Å². The highest BCUT2D eigenvalue weighted by atomic mass is 32.3. The lowest BCUT2D eigenvalue weighted by Crippen LogP contribution is -2.04. The van der Waals surface area contributed by atoms with Crippen molar-refractivity contribution < 1.29 is 0 Å². The molecule has 17 heavy (non-hydrogen) atoms. The molecular formula is C16H24S. The summed E-state index contributed by atoms with van der Waals surface area (Å²) < 4.78 is 0. The third-order valence-electron chi connectivity index (χ3n) is 3.90. The Balaban J connectivity index is 2.42. The molecular weight excluding hydrogens is 224 g/mol. The van der Waals surface area contributed by atoms with Crippen molar-refractivity contribution >= 4 is 14.9 Å². The van der Waals surface area contributed by atoms with Crippen LogP contribution < -0.4 is 0 Å². The van der Waals surface area contributed by atoms with Gasteiger partial charge in [0, 0.05) is 0 Å². The second-order valence-electron chi connectivity index (χ2n) is 5.05. The highest BCUT2D eigenvalue weighted by Gasteiger charge is 2.28. The summed E-state index contributed by atoms with van der Waals surface area (Å²) in [4.78, 5) is 1.66. The summed E-state index contributed by atoms with van der Waals surface area (Å²) in [6.45, 7) is 4.48. The van der Waals surface area contributed by atoms with Crippen LogP contribution in [0.15, 0.2) is 30.3 Å². The van der Waals surface area contributed by atoms with Crippen LogP contribution in [0.4, 0.5) is 0 Å². The molecule has 1 aromatic rings. The normalized spacial score (nSPS) is 21.5. The average Bonchev–Trinajstić information content (AvgIpc) is 2.78. The van der Waals surface area contributed by atoms with Gasteiger partial charge in [-0.05, 0) is 60.0 Å². The van der Waals surface area contributed by atoms with Crippen LogP contribution in [0, 0.1) is 0 Å². The van der Waals surface area contributed by atoms with Gasteiger partial charge in [-0.2, -0.15) is 0 Å². The first-order valence-electron chi connectivity index (χ1n) is 6.69. The number of hydrogen-bond donors (Lipinski definition) is 0. The molecule has 0 atom stereocenters. The Hall–Kier alpha value is -0.690. The minimum Gasteiger partial charge on any atom is -0.217 e. The van der Waals surface area contributed by atoms with Gasteiger partial charge in [0.1, 0.15) is 0 Å². The van der Waals surface area contributed by atoms with Crippen molar-refractivity contribution in [1.29, 1.82) is 0 Å². The third kappa shape index (κ3) is 2.44. The van der Waals surface area contributed by atoms with Gasteiger partial charge in [-0.3, -0.25) is 0 Å². The molecule has 1 fully saturated rings. The number of rotatable bonds is 3. The predicted molar refractivity (Wildman–Crippen MR) is 82.0 cm³/mol. The maximum Gasteiger partial charge on any atom is -0.00687 e. The Labute approximate surface area is 107 Å². The van der Waals surface area contributed by atoms with Crippen molar-refractivity contribution in [3.63, 3.8) is 0 Å². The SMILES string of the molecule is CC=C(c1ccccc1CC)S1(C)CCCC1. The summed E-state index contributed by atoms with van der Waals surface area (Å²) in [5.41, 5.74) is 3.04. The number of hydrogen-bond acceptors (Lipinski definition) is 0. The zero-order chi connectivity index (χ0) is 12.3. The van der Waals surface area contributed by atoms with E-state index in [1.807, 2.05) is 0 Å². The largest absolute Gasteiger partial charge is 0.217 e. The molecule has 94 valence electrons. The fourth-order valence-electron chi connectivity index (χ4n) is 2.94. The van der Waals surface area contributed by atoms with Crippen LogP contribution >= 0.6 is 10.0 Å². The van der Waals surface area contributed by atoms with E-state index < -0.39 is 10.0 Å². The van der Waals surface area contributed by atoms with Crippen LogP contribution in [-0.4, -0.2) is 17.8 Å². The van der Waals surface area contributed by atoms with Crippen molar-refractivity contribution in [2.24, 2.45) is 0 Å². The summed E-state index contributed by atoms with van der Waals surface area (Å²) >= 11 is 0. The van der Waals surface area contributed by atoms with Gasteiger partial charge in [0.15, 0.2) is 0 Å². The van der Waals surface area contributed by atoms with E-state index in [0.717, 1.165) is 6.42 Å². The van der Waals surface area contributed by atoms with Gasteiger partial charge in [0.05, 0.1) is 0 Å². The van der Waals surface area contributed by atoms with Gasteiger partial charge in [-0.25, -0.2) is 10.0 Å². The molecule has 0 radical (unpaired) electrons. The van der Waals surface area contributed by atoms with Crippen LogP contribution in [0.25, 0.3) is 4.91 Å². The van der Waals surface area contributed by atoms with E-state index in [9.17, 15) is 0 Å². The number of aryl methyl sites for hydroxylation is 1. The second kappa shape index (κ2) is 5.30. The first-order valence-corrected chi connectivity index (χ1v) is 9.07. The van der Waals surface area contributed by atoms with Crippen LogP contribution in [0.3, 0.4) is 0 Å². The van der Waals surface area contributed by atoms with E-state index in [4.69, 9.17) is 0 Å². The lowest BCUT2D eigenvalue weighted by atomic mass is 10.0. The molecule has 1 aliphatic heterocycles. The molecule has 0 aromatic heterocycles. The van der Waals surface area contributed by atoms with E-state index in [2.05, 4.69) is 50.4 Å². The summed E-state index contributed by atoms with van der Waals surface area (Å²) in [7, 11) is -0.519. The number of allylic oxidation sites excluding steroid dienone is 1. The van der Waals surface area contributed by atoms with Crippen molar-refractivity contribution in [1.82, 2.24) is 0 Å². The fourth-order valence-corrected chi connectivity index (χ4v) is 6.56. The first-order chi connectivity index (χ1) is 8.21. The zero-order valence-electron chi connectivity index (χ0n) is 11.3. The Morgan fingerprint density at radius 3 is 2.47 bits per heavy atom. The standard InChI is InChI=1S/C16H24S/c1-4-14-10-6-7-11-15(14)16(5-2)17(3)12-8-9-13-17/h5-7,10-11H,4,8-9,12-13H2,1-3H3. The average molecular weight is 248 g/mol. The summed E-state index contributed by atoms with van der Waals surface area (Å²) in [6.07, 6.45) is 8.91. The molecule has 1 aromatic carbocycles. The van der Waals surface area contributed by atoms with Gasteiger partial charge >= 0.3 is 0 Å². The zero-order valence-corrected chi connectivity index (χ0v) is 12.1. The van der Waals surface area contributed by atoms with Crippen molar-refractivity contribution in [3.8, 4) is 0 Å². The lowest BCUT2D eigenvalue weighted by molar-refractivity contribution is 0.949. The Morgan fingerprint density at radius 2 is 1.88 bits per heavy atom. The molecule has 0 unspecified atom stereocenters. The molecule has 0 saturated carbocycles. The number of benzene rings is 1. The smallest absolute Gasteiger partial charge is 0.00687 e. The maximum absolute atomic E-state index is 2.53. The van der Waals surface area contributed by atoms with E-state index in [1.165, 1.54) is 35.5 Å². The summed E-state index contributed by atoms with van der Waals surface area (Å²) in [5, 5.41) is 0. The summed E-state index contributed by atoms with van der Waals surface area (Å²) in [6, 6.07) is 8.97. The summed E-state index contributed by atoms with van der Waals surface area (Å²) in [5.74, 6) is 2.87. The third-order valence-corrected chi connectivity index (χ3v) is 7.79. The topological polar surface area (TPSA) is 0 Å². The van der Waals surface area contributed by atoms with Gasteiger partial charge in [-0.15, -0.1) is 0 Å². The lowest BCUT2D eigenvalue weighted by Gasteiger charge is -2.35. The minimum atomic E-state index is -0.519. The maximum atomic E-state index is 2.53. The van der Waals surface area contributed by atoms with Crippen molar-refractivity contribution in [2.45, 2.75) is 33.1 Å². The fraction of sp³-hybridized carbons (Fsp3) is 0.500. The predicted octanol–water partition coefficient (Wildman–Crippen LogP) is 4.84. The molecule has 0 amide bonds. The quantitative estimate of drug-likeness (QED) is 0.718. The minimum absolute atomic E-state index is 0.519. The molecule has 1 aliphatic rings. The highest BCUT2D eigenvalue weighted by Crippen LogP contribution is 2.61. The highest BCUT2D eigenvalue weighted by molar-refractivity contribution is 8.40. The van der Waals surface area contributed by atoms with Crippen LogP contribution in [0.2, 0.25) is 0 Å². The van der Waals surface area contributed by atoms with Crippen LogP contribution in [-0.2, 0) is 6.42 Å². The Morgan fingerprint density at radius 1 is 1.24 bits per heavy atom. The molecule has 0 nitrogen and oxygen atoms in total. The monoisotopic (exact) mass is 248 g/mol. The van der Waals surface area contributed by atoms with Gasteiger partial charge in [0.2, 0.25) is 0 Å². The molecule has 1 heteroatoms. The van der Waals surface area contributed by atoms with Crippen molar-refractivity contribution in [2.75, 3.05) is 17.8 Å². The van der Waals surface area contributed by atoms with E-state index in [1.54, 1.807) is 4.91 Å². The van der Waals surface area contributed by atoms with Crippen LogP contribution in [0.5, 0.6) is 0 Å². The van der Waals surface area contributed by atoms with E-state index in [-0.39, 0.29) is 0 Å². The second-order valence-corrected chi connectivity index (χ2v) is 8.86. The molecule has 1 saturated heterocycles. The molecule has 0 N–H and O–H groups in total. The Kier molecular flexibility index (Phi) is 3.98. The van der Waals surface area contributed by atoms with Gasteiger partial charge in [-0.1, -0.05) is 37.3 Å². The van der Waals surface area contributed by atoms with E-state index >= 15 is 0 Å². The van der Waals surface area contributed by atoms with E-state index in [0.29, 0.717) is 0 Å². The molecule has 0 aliphatic carbocycles. The Bertz CT molecular complexity index is 411. The molecule has 0 spiro atoms. The van der Waals surface area contributed by atoms with Crippen molar-refractivity contribution in [3.05, 3.63) is 41.5 Å². The van der Waals surface area contributed by atoms with Gasteiger partial charge < -0.3 is 0 Å². The van der Waals surface area contributed by atoms with Crippen LogP contribution in [0.1, 0.15) is 37.8 Å². The molecule has 0 bridgehead atoms.